The van der Waals surface area contributed by atoms with Crippen LogP contribution >= 0.6 is 11.6 Å². The summed E-state index contributed by atoms with van der Waals surface area (Å²) in [5.74, 6) is -0.195. The number of rotatable bonds is 4. The highest BCUT2D eigenvalue weighted by molar-refractivity contribution is 6.30. The third-order valence-corrected chi connectivity index (χ3v) is 5.45. The van der Waals surface area contributed by atoms with E-state index in [-0.39, 0.29) is 5.91 Å². The van der Waals surface area contributed by atoms with Crippen molar-refractivity contribution in [1.29, 1.82) is 0 Å². The van der Waals surface area contributed by atoms with Crippen LogP contribution in [0, 0.1) is 20.8 Å². The third kappa shape index (κ3) is 3.68. The molecule has 2 aromatic heterocycles. The molecule has 4 rings (SSSR count). The molecule has 0 radical (unpaired) electrons. The highest BCUT2D eigenvalue weighted by Gasteiger charge is 2.20. The molecule has 0 saturated carbocycles. The van der Waals surface area contributed by atoms with E-state index in [4.69, 9.17) is 21.7 Å². The first-order valence-corrected chi connectivity index (χ1v) is 10.3. The van der Waals surface area contributed by atoms with Gasteiger partial charge in [-0.05, 0) is 74.7 Å². The summed E-state index contributed by atoms with van der Waals surface area (Å²) in [5, 5.41) is 9.09. The van der Waals surface area contributed by atoms with Crippen LogP contribution in [0.4, 0.5) is 5.69 Å². The first kappa shape index (κ1) is 20.1. The Labute approximate surface area is 180 Å². The maximum absolute atomic E-state index is 13.2. The molecule has 1 amide bonds. The number of hydrogen-bond donors (Lipinski definition) is 1. The van der Waals surface area contributed by atoms with E-state index < -0.39 is 0 Å². The van der Waals surface area contributed by atoms with E-state index in [2.05, 4.69) is 24.4 Å². The predicted molar refractivity (Wildman–Crippen MR) is 122 cm³/mol. The van der Waals surface area contributed by atoms with E-state index in [9.17, 15) is 4.79 Å². The lowest BCUT2D eigenvalue weighted by Crippen LogP contribution is -2.14. The van der Waals surface area contributed by atoms with Crippen LogP contribution in [0.15, 0.2) is 48.5 Å². The summed E-state index contributed by atoms with van der Waals surface area (Å²) >= 11 is 6.04. The summed E-state index contributed by atoms with van der Waals surface area (Å²) in [6.07, 6.45) is 0.977. The number of benzene rings is 2. The summed E-state index contributed by atoms with van der Waals surface area (Å²) in [6, 6.07) is 15.5. The number of amides is 1. The second-order valence-corrected chi connectivity index (χ2v) is 7.88. The minimum atomic E-state index is -0.195. The van der Waals surface area contributed by atoms with Gasteiger partial charge < -0.3 is 5.32 Å². The van der Waals surface area contributed by atoms with Gasteiger partial charge in [0.25, 0.3) is 5.91 Å². The highest BCUT2D eigenvalue weighted by atomic mass is 35.5. The van der Waals surface area contributed by atoms with Crippen molar-refractivity contribution in [3.63, 3.8) is 0 Å². The number of fused-ring (bicyclic) bond motifs is 1. The molecule has 2 heterocycles. The van der Waals surface area contributed by atoms with Gasteiger partial charge in [-0.1, -0.05) is 30.7 Å². The monoisotopic (exact) mass is 418 g/mol. The molecule has 5 nitrogen and oxygen atoms in total. The second kappa shape index (κ2) is 7.92. The normalized spacial score (nSPS) is 11.1. The number of nitrogens with zero attached hydrogens (tertiary/aromatic N) is 3. The Bertz CT molecular complexity index is 1260. The number of aromatic nitrogens is 3. The van der Waals surface area contributed by atoms with Gasteiger partial charge in [0.05, 0.1) is 22.3 Å². The number of halogens is 1. The van der Waals surface area contributed by atoms with Crippen molar-refractivity contribution in [2.75, 3.05) is 5.32 Å². The van der Waals surface area contributed by atoms with Gasteiger partial charge in [-0.2, -0.15) is 5.10 Å². The molecule has 0 bridgehead atoms. The molecule has 0 fully saturated rings. The summed E-state index contributed by atoms with van der Waals surface area (Å²) in [7, 11) is 0. The van der Waals surface area contributed by atoms with E-state index in [0.29, 0.717) is 16.2 Å². The third-order valence-electron chi connectivity index (χ3n) is 5.21. The van der Waals surface area contributed by atoms with Crippen molar-refractivity contribution in [1.82, 2.24) is 14.8 Å². The van der Waals surface area contributed by atoms with Gasteiger partial charge in [0, 0.05) is 16.4 Å². The Morgan fingerprint density at radius 2 is 1.80 bits per heavy atom. The average molecular weight is 419 g/mol. The van der Waals surface area contributed by atoms with Gasteiger partial charge in [-0.15, -0.1) is 0 Å². The number of carbonyl (C=O) groups excluding carboxylic acids is 1. The Hall–Kier alpha value is -3.18. The number of pyridine rings is 1. The van der Waals surface area contributed by atoms with Gasteiger partial charge in [-0.3, -0.25) is 4.79 Å². The van der Waals surface area contributed by atoms with Crippen molar-refractivity contribution in [2.45, 2.75) is 34.1 Å². The minimum Gasteiger partial charge on any atom is -0.322 e. The molecule has 4 aromatic rings. The average Bonchev–Trinajstić information content (AvgIpc) is 3.05. The number of aryl methyl sites for hydroxylation is 4. The first-order chi connectivity index (χ1) is 14.4. The summed E-state index contributed by atoms with van der Waals surface area (Å²) < 4.78 is 1.81. The van der Waals surface area contributed by atoms with Gasteiger partial charge in [0.2, 0.25) is 0 Å². The van der Waals surface area contributed by atoms with Crippen molar-refractivity contribution in [3.05, 3.63) is 81.6 Å². The van der Waals surface area contributed by atoms with Crippen LogP contribution in [0.3, 0.4) is 0 Å². The fraction of sp³-hybridized carbons (Fsp3) is 0.208. The van der Waals surface area contributed by atoms with Crippen molar-refractivity contribution >= 4 is 34.2 Å². The van der Waals surface area contributed by atoms with Crippen LogP contribution in [-0.2, 0) is 6.42 Å². The van der Waals surface area contributed by atoms with E-state index in [1.54, 1.807) is 10.7 Å². The van der Waals surface area contributed by atoms with Gasteiger partial charge in [0.1, 0.15) is 0 Å². The maximum Gasteiger partial charge on any atom is 0.256 e. The predicted octanol–water partition coefficient (Wildman–Crippen LogP) is 5.81. The molecule has 0 aliphatic heterocycles. The van der Waals surface area contributed by atoms with E-state index in [0.717, 1.165) is 40.1 Å². The van der Waals surface area contributed by atoms with Crippen LogP contribution in [-0.4, -0.2) is 20.7 Å². The molecule has 0 spiro atoms. The van der Waals surface area contributed by atoms with Crippen LogP contribution in [0.5, 0.6) is 0 Å². The van der Waals surface area contributed by atoms with E-state index in [1.807, 2.05) is 51.1 Å². The topological polar surface area (TPSA) is 59.8 Å². The Morgan fingerprint density at radius 1 is 1.07 bits per heavy atom. The molecule has 0 aliphatic carbocycles. The molecule has 0 atom stereocenters. The maximum atomic E-state index is 13.2. The zero-order valence-electron chi connectivity index (χ0n) is 17.5. The van der Waals surface area contributed by atoms with Crippen LogP contribution in [0.1, 0.15) is 39.8 Å². The summed E-state index contributed by atoms with van der Waals surface area (Å²) in [6.45, 7) is 7.83. The lowest BCUT2D eigenvalue weighted by Gasteiger charge is -2.11. The summed E-state index contributed by atoms with van der Waals surface area (Å²) in [4.78, 5) is 17.9. The zero-order chi connectivity index (χ0) is 21.4. The summed E-state index contributed by atoms with van der Waals surface area (Å²) in [5.41, 5.74) is 6.56. The highest BCUT2D eigenvalue weighted by Crippen LogP contribution is 2.27. The zero-order valence-corrected chi connectivity index (χ0v) is 18.2. The molecular weight excluding hydrogens is 396 g/mol. The fourth-order valence-electron chi connectivity index (χ4n) is 3.60. The SMILES string of the molecule is CCc1ccc(-n2nc(C)c3c(C(=O)Nc4ccc(Cl)cc4C)cc(C)nc32)cc1. The van der Waals surface area contributed by atoms with Gasteiger partial charge in [-0.25, -0.2) is 9.67 Å². The van der Waals surface area contributed by atoms with Crippen LogP contribution in [0.2, 0.25) is 5.02 Å². The van der Waals surface area contributed by atoms with Crippen LogP contribution in [0.25, 0.3) is 16.7 Å². The standard InChI is InChI=1S/C24H23ClN4O/c1-5-17-6-9-19(10-7-17)29-23-22(16(4)28-29)20(13-15(3)26-23)24(30)27-21-11-8-18(25)12-14(21)2/h6-13H,5H2,1-4H3,(H,27,30). The molecule has 30 heavy (non-hydrogen) atoms. The molecule has 0 aliphatic rings. The molecule has 1 N–H and O–H groups in total. The number of nitrogens with one attached hydrogen (secondary N) is 1. The molecule has 0 saturated heterocycles. The Balaban J connectivity index is 1.80. The number of anilines is 1. The molecule has 6 heteroatoms. The van der Waals surface area contributed by atoms with Gasteiger partial charge in [0.15, 0.2) is 5.65 Å². The van der Waals surface area contributed by atoms with E-state index >= 15 is 0 Å². The van der Waals surface area contributed by atoms with Crippen LogP contribution < -0.4 is 5.32 Å². The largest absolute Gasteiger partial charge is 0.322 e. The number of hydrogen-bond acceptors (Lipinski definition) is 3. The van der Waals surface area contributed by atoms with Crippen molar-refractivity contribution < 1.29 is 4.79 Å². The second-order valence-electron chi connectivity index (χ2n) is 7.44. The molecule has 0 unspecified atom stereocenters. The van der Waals surface area contributed by atoms with E-state index in [1.165, 1.54) is 5.56 Å². The molecular formula is C24H23ClN4O. The van der Waals surface area contributed by atoms with Crippen molar-refractivity contribution in [2.24, 2.45) is 0 Å². The lowest BCUT2D eigenvalue weighted by molar-refractivity contribution is 0.102. The number of carbonyl (C=O) groups is 1. The molecule has 2 aromatic carbocycles. The lowest BCUT2D eigenvalue weighted by atomic mass is 10.1. The fourth-order valence-corrected chi connectivity index (χ4v) is 3.83. The van der Waals surface area contributed by atoms with Crippen molar-refractivity contribution in [3.8, 4) is 5.69 Å². The quantitative estimate of drug-likeness (QED) is 0.454. The first-order valence-electron chi connectivity index (χ1n) is 9.91. The molecule has 152 valence electrons. The Morgan fingerprint density at radius 3 is 2.47 bits per heavy atom. The van der Waals surface area contributed by atoms with Gasteiger partial charge >= 0.3 is 0 Å². The smallest absolute Gasteiger partial charge is 0.256 e. The minimum absolute atomic E-state index is 0.195. The Kier molecular flexibility index (Phi) is 5.31.